The molecule has 1 aromatic rings. The Labute approximate surface area is 127 Å². The molecule has 0 saturated heterocycles. The summed E-state index contributed by atoms with van der Waals surface area (Å²) in [6.45, 7) is 1.75. The Hall–Kier alpha value is -0.900. The third kappa shape index (κ3) is 2.39. The van der Waals surface area contributed by atoms with Crippen molar-refractivity contribution >= 4 is 25.8 Å². The molecule has 1 saturated carbocycles. The number of benzene rings is 1. The van der Waals surface area contributed by atoms with Gasteiger partial charge in [0.15, 0.2) is 9.84 Å². The van der Waals surface area contributed by atoms with Gasteiger partial charge in [0.1, 0.15) is 5.41 Å². The van der Waals surface area contributed by atoms with Gasteiger partial charge in [-0.05, 0) is 17.7 Å². The van der Waals surface area contributed by atoms with Gasteiger partial charge in [-0.1, -0.05) is 35.0 Å². The summed E-state index contributed by atoms with van der Waals surface area (Å²) in [5.74, 6) is -0.275. The van der Waals surface area contributed by atoms with Crippen molar-refractivity contribution in [1.29, 1.82) is 5.26 Å². The molecule has 20 heavy (non-hydrogen) atoms. The maximum absolute atomic E-state index is 12.2. The Bertz CT molecular complexity index is 635. The van der Waals surface area contributed by atoms with Gasteiger partial charge in [-0.3, -0.25) is 0 Å². The van der Waals surface area contributed by atoms with Crippen LogP contribution in [-0.2, 0) is 14.6 Å². The van der Waals surface area contributed by atoms with Gasteiger partial charge in [0, 0.05) is 23.3 Å². The molecule has 0 unspecified atom stereocenters. The topological polar surface area (TPSA) is 67.2 Å². The molecule has 1 aliphatic rings. The zero-order valence-electron chi connectivity index (χ0n) is 11.3. The van der Waals surface area contributed by atoms with Crippen molar-refractivity contribution in [2.75, 3.05) is 19.5 Å². The van der Waals surface area contributed by atoms with E-state index in [1.165, 1.54) is 7.11 Å². The van der Waals surface area contributed by atoms with Crippen molar-refractivity contribution in [2.45, 2.75) is 18.1 Å². The van der Waals surface area contributed by atoms with Crippen LogP contribution in [0, 0.1) is 16.7 Å². The Morgan fingerprint density at radius 2 is 2.00 bits per heavy atom. The van der Waals surface area contributed by atoms with Crippen LogP contribution in [0.1, 0.15) is 18.4 Å². The maximum Gasteiger partial charge on any atom is 0.155 e. The standard InChI is InChI=1S/C14H16BrNO3S/c1-3-20(17,18)13-12(14(13,8-16)9-19-2)10-4-6-11(15)7-5-10/h4-7,12-13H,3,9H2,1-2H3/t12-,13-,14-/m1/s1. The number of hydrogen-bond donors (Lipinski definition) is 0. The van der Waals surface area contributed by atoms with E-state index in [-0.39, 0.29) is 18.3 Å². The molecule has 0 aromatic heterocycles. The monoisotopic (exact) mass is 357 g/mol. The fraction of sp³-hybridized carbons (Fsp3) is 0.500. The minimum absolute atomic E-state index is 0.0395. The van der Waals surface area contributed by atoms with E-state index in [2.05, 4.69) is 22.0 Å². The largest absolute Gasteiger partial charge is 0.383 e. The number of halogens is 1. The summed E-state index contributed by atoms with van der Waals surface area (Å²) in [6, 6.07) is 9.64. The first-order valence-corrected chi connectivity index (χ1v) is 8.81. The fourth-order valence-corrected chi connectivity index (χ4v) is 5.10. The van der Waals surface area contributed by atoms with E-state index in [1.54, 1.807) is 6.92 Å². The van der Waals surface area contributed by atoms with Crippen molar-refractivity contribution in [2.24, 2.45) is 5.41 Å². The first-order chi connectivity index (χ1) is 9.43. The second-order valence-corrected chi connectivity index (χ2v) is 8.31. The average Bonchev–Trinajstić information content (AvgIpc) is 3.10. The highest BCUT2D eigenvalue weighted by atomic mass is 79.9. The zero-order valence-corrected chi connectivity index (χ0v) is 13.7. The lowest BCUT2D eigenvalue weighted by Crippen LogP contribution is -2.20. The molecule has 0 N–H and O–H groups in total. The number of nitrogens with zero attached hydrogens (tertiary/aromatic N) is 1. The van der Waals surface area contributed by atoms with Crippen LogP contribution in [-0.4, -0.2) is 33.1 Å². The first kappa shape index (κ1) is 15.5. The molecule has 1 aromatic carbocycles. The predicted molar refractivity (Wildman–Crippen MR) is 80.1 cm³/mol. The lowest BCUT2D eigenvalue weighted by atomic mass is 10.0. The molecule has 6 heteroatoms. The Morgan fingerprint density at radius 3 is 2.45 bits per heavy atom. The smallest absolute Gasteiger partial charge is 0.155 e. The van der Waals surface area contributed by atoms with Crippen LogP contribution in [0.3, 0.4) is 0 Å². The van der Waals surface area contributed by atoms with Gasteiger partial charge in [0.05, 0.1) is 17.9 Å². The van der Waals surface area contributed by atoms with Gasteiger partial charge in [-0.15, -0.1) is 0 Å². The minimum atomic E-state index is -3.29. The lowest BCUT2D eigenvalue weighted by molar-refractivity contribution is 0.162. The van der Waals surface area contributed by atoms with Crippen LogP contribution in [0.5, 0.6) is 0 Å². The van der Waals surface area contributed by atoms with Gasteiger partial charge in [-0.25, -0.2) is 8.42 Å². The normalized spacial score (nSPS) is 28.9. The van der Waals surface area contributed by atoms with E-state index >= 15 is 0 Å². The number of sulfone groups is 1. The number of nitriles is 1. The van der Waals surface area contributed by atoms with E-state index < -0.39 is 20.5 Å². The van der Waals surface area contributed by atoms with E-state index in [1.807, 2.05) is 24.3 Å². The van der Waals surface area contributed by atoms with Crippen molar-refractivity contribution in [3.63, 3.8) is 0 Å². The van der Waals surface area contributed by atoms with Crippen LogP contribution in [0.4, 0.5) is 0 Å². The van der Waals surface area contributed by atoms with Crippen LogP contribution in [0.2, 0.25) is 0 Å². The van der Waals surface area contributed by atoms with Crippen LogP contribution in [0.25, 0.3) is 0 Å². The molecule has 0 heterocycles. The van der Waals surface area contributed by atoms with Gasteiger partial charge >= 0.3 is 0 Å². The van der Waals surface area contributed by atoms with E-state index in [0.717, 1.165) is 10.0 Å². The van der Waals surface area contributed by atoms with Crippen molar-refractivity contribution in [1.82, 2.24) is 0 Å². The van der Waals surface area contributed by atoms with Crippen molar-refractivity contribution in [3.05, 3.63) is 34.3 Å². The molecular weight excluding hydrogens is 342 g/mol. The Kier molecular flexibility index (Phi) is 4.24. The lowest BCUT2D eigenvalue weighted by Gasteiger charge is -2.07. The highest BCUT2D eigenvalue weighted by molar-refractivity contribution is 9.10. The van der Waals surface area contributed by atoms with Crippen molar-refractivity contribution < 1.29 is 13.2 Å². The number of rotatable bonds is 5. The van der Waals surface area contributed by atoms with Gasteiger partial charge in [0.25, 0.3) is 0 Å². The van der Waals surface area contributed by atoms with Gasteiger partial charge < -0.3 is 4.74 Å². The molecule has 4 nitrogen and oxygen atoms in total. The molecule has 108 valence electrons. The second kappa shape index (κ2) is 5.47. The SMILES string of the molecule is CCS(=O)(=O)[C@@H]1[C@@H](c2ccc(Br)cc2)[C@@]1(C#N)COC. The minimum Gasteiger partial charge on any atom is -0.383 e. The average molecular weight is 358 g/mol. The number of ether oxygens (including phenoxy) is 1. The van der Waals surface area contributed by atoms with Crippen LogP contribution < -0.4 is 0 Å². The number of hydrogen-bond acceptors (Lipinski definition) is 4. The summed E-state index contributed by atoms with van der Waals surface area (Å²) in [6.07, 6.45) is 0. The third-order valence-electron chi connectivity index (χ3n) is 3.87. The highest BCUT2D eigenvalue weighted by Gasteiger charge is 2.71. The first-order valence-electron chi connectivity index (χ1n) is 6.30. The quantitative estimate of drug-likeness (QED) is 0.811. The summed E-state index contributed by atoms with van der Waals surface area (Å²) in [7, 11) is -1.80. The summed E-state index contributed by atoms with van der Waals surface area (Å²) < 4.78 is 30.5. The molecule has 0 bridgehead atoms. The molecule has 3 atom stereocenters. The number of methoxy groups -OCH3 is 1. The van der Waals surface area contributed by atoms with Crippen LogP contribution >= 0.6 is 15.9 Å². The van der Waals surface area contributed by atoms with E-state index in [0.29, 0.717) is 0 Å². The molecule has 1 aliphatic carbocycles. The molecule has 0 radical (unpaired) electrons. The summed E-state index contributed by atoms with van der Waals surface area (Å²) in [4.78, 5) is 0. The third-order valence-corrected chi connectivity index (χ3v) is 6.67. The van der Waals surface area contributed by atoms with Crippen molar-refractivity contribution in [3.8, 4) is 6.07 Å². The molecule has 0 spiro atoms. The molecule has 2 rings (SSSR count). The molecule has 1 fully saturated rings. The van der Waals surface area contributed by atoms with Gasteiger partial charge in [0.2, 0.25) is 0 Å². The van der Waals surface area contributed by atoms with Gasteiger partial charge in [-0.2, -0.15) is 5.26 Å². The predicted octanol–water partition coefficient (Wildman–Crippen LogP) is 2.51. The summed E-state index contributed by atoms with van der Waals surface area (Å²) >= 11 is 3.35. The zero-order chi connectivity index (χ0) is 15.0. The summed E-state index contributed by atoms with van der Waals surface area (Å²) in [5.41, 5.74) is -0.0916. The molecule has 0 aliphatic heterocycles. The Morgan fingerprint density at radius 1 is 1.40 bits per heavy atom. The fourth-order valence-electron chi connectivity index (χ4n) is 2.83. The maximum atomic E-state index is 12.2. The molecular formula is C14H16BrNO3S. The highest BCUT2D eigenvalue weighted by Crippen LogP contribution is 2.62. The van der Waals surface area contributed by atoms with Crippen LogP contribution in [0.15, 0.2) is 28.7 Å². The molecule has 0 amide bonds. The Balaban J connectivity index is 2.45. The summed E-state index contributed by atoms with van der Waals surface area (Å²) in [5, 5.41) is 8.82. The van der Waals surface area contributed by atoms with E-state index in [4.69, 9.17) is 4.74 Å². The van der Waals surface area contributed by atoms with E-state index in [9.17, 15) is 13.7 Å². The second-order valence-electron chi connectivity index (χ2n) is 4.99.